The van der Waals surface area contributed by atoms with Crippen molar-refractivity contribution in [2.45, 2.75) is 12.7 Å². The molecule has 74 valence electrons. The van der Waals surface area contributed by atoms with E-state index >= 15 is 0 Å². The highest BCUT2D eigenvalue weighted by Gasteiger charge is 2.30. The summed E-state index contributed by atoms with van der Waals surface area (Å²) in [6, 6.07) is 5.19. The van der Waals surface area contributed by atoms with Crippen molar-refractivity contribution < 1.29 is 42.9 Å². The second-order valence-corrected chi connectivity index (χ2v) is 2.45. The average molecular weight is 303 g/mol. The maximum absolute atomic E-state index is 12.1. The summed E-state index contributed by atoms with van der Waals surface area (Å²) in [6.45, 7) is 0.379. The molecule has 1 rings (SSSR count). The van der Waals surface area contributed by atoms with Crippen LogP contribution in [0, 0.1) is 0 Å². The van der Waals surface area contributed by atoms with E-state index < -0.39 is 11.7 Å². The van der Waals surface area contributed by atoms with Crippen molar-refractivity contribution in [2.24, 2.45) is 0 Å². The normalized spacial score (nSPS) is 10.8. The minimum Gasteiger partial charge on any atom is -1.00 e. The van der Waals surface area contributed by atoms with E-state index in [2.05, 4.69) is 5.73 Å². The van der Waals surface area contributed by atoms with Crippen molar-refractivity contribution in [3.8, 4) is 0 Å². The molecule has 5 heteroatoms. The molecule has 0 amide bonds. The monoisotopic (exact) mass is 303 g/mol. The number of benzene rings is 1. The van der Waals surface area contributed by atoms with Crippen molar-refractivity contribution >= 4 is 0 Å². The van der Waals surface area contributed by atoms with Gasteiger partial charge in [0.1, 0.15) is 0 Å². The fourth-order valence-corrected chi connectivity index (χ4v) is 0.903. The van der Waals surface area contributed by atoms with E-state index in [0.29, 0.717) is 12.1 Å². The Morgan fingerprint density at radius 2 is 1.85 bits per heavy atom. The van der Waals surface area contributed by atoms with Crippen LogP contribution >= 0.6 is 0 Å². The molecule has 0 radical (unpaired) electrons. The molecular formula is C8H9F3IN. The third-order valence-electron chi connectivity index (χ3n) is 1.54. The van der Waals surface area contributed by atoms with Gasteiger partial charge in [0.05, 0.1) is 12.1 Å². The summed E-state index contributed by atoms with van der Waals surface area (Å²) < 4.78 is 36.3. The zero-order chi connectivity index (χ0) is 9.19. The molecule has 1 nitrogen and oxygen atoms in total. The molecule has 0 spiro atoms. The summed E-state index contributed by atoms with van der Waals surface area (Å²) >= 11 is 0. The van der Waals surface area contributed by atoms with Crippen LogP contribution in [0.1, 0.15) is 11.1 Å². The third kappa shape index (κ3) is 3.51. The first-order chi connectivity index (χ1) is 5.54. The molecule has 0 aliphatic rings. The van der Waals surface area contributed by atoms with Gasteiger partial charge in [-0.3, -0.25) is 0 Å². The van der Waals surface area contributed by atoms with E-state index in [9.17, 15) is 13.2 Å². The van der Waals surface area contributed by atoms with Crippen LogP contribution in [0.3, 0.4) is 0 Å². The van der Waals surface area contributed by atoms with E-state index in [1.165, 1.54) is 6.07 Å². The highest BCUT2D eigenvalue weighted by Crippen LogP contribution is 2.29. The van der Waals surface area contributed by atoms with Gasteiger partial charge in [-0.05, 0) is 12.1 Å². The Bertz CT molecular complexity index is 272. The Labute approximate surface area is 91.1 Å². The number of hydrogen-bond donors (Lipinski definition) is 1. The molecule has 0 unspecified atom stereocenters. The van der Waals surface area contributed by atoms with E-state index in [-0.39, 0.29) is 24.0 Å². The summed E-state index contributed by atoms with van der Waals surface area (Å²) in [4.78, 5) is 0. The summed E-state index contributed by atoms with van der Waals surface area (Å²) in [5.41, 5.74) is 3.51. The van der Waals surface area contributed by atoms with Gasteiger partial charge in [-0.15, -0.1) is 0 Å². The number of rotatable bonds is 1. The number of halogens is 4. The lowest BCUT2D eigenvalue weighted by molar-refractivity contribution is -0.386. The van der Waals surface area contributed by atoms with Crippen molar-refractivity contribution in [2.75, 3.05) is 0 Å². The Morgan fingerprint density at radius 1 is 1.23 bits per heavy atom. The van der Waals surface area contributed by atoms with Gasteiger partial charge < -0.3 is 29.7 Å². The summed E-state index contributed by atoms with van der Waals surface area (Å²) in [5.74, 6) is 0. The van der Waals surface area contributed by atoms with Crippen LogP contribution in [0.25, 0.3) is 0 Å². The van der Waals surface area contributed by atoms with E-state index in [0.717, 1.165) is 12.1 Å². The summed E-state index contributed by atoms with van der Waals surface area (Å²) in [5, 5.41) is 0. The molecule has 0 heterocycles. The Hall–Kier alpha value is -0.300. The maximum atomic E-state index is 12.1. The predicted octanol–water partition coefficient (Wildman–Crippen LogP) is -1.55. The van der Waals surface area contributed by atoms with Crippen molar-refractivity contribution in [3.05, 3.63) is 35.4 Å². The Balaban J connectivity index is 0.00000144. The topological polar surface area (TPSA) is 27.6 Å². The molecule has 13 heavy (non-hydrogen) atoms. The van der Waals surface area contributed by atoms with Crippen LogP contribution in [0.4, 0.5) is 13.2 Å². The van der Waals surface area contributed by atoms with Gasteiger partial charge in [0.15, 0.2) is 0 Å². The lowest BCUT2D eigenvalue weighted by Gasteiger charge is -2.06. The van der Waals surface area contributed by atoms with Crippen molar-refractivity contribution in [1.82, 2.24) is 0 Å². The average Bonchev–Trinajstić information content (AvgIpc) is 2.03. The quantitative estimate of drug-likeness (QED) is 0.609. The molecule has 0 saturated carbocycles. The van der Waals surface area contributed by atoms with Crippen molar-refractivity contribution in [3.63, 3.8) is 0 Å². The van der Waals surface area contributed by atoms with Gasteiger partial charge in [0.25, 0.3) is 0 Å². The molecule has 0 aromatic heterocycles. The smallest absolute Gasteiger partial charge is 0.416 e. The SMILES string of the molecule is [I-].[NH3+]Cc1cccc(C(F)(F)F)c1. The first-order valence-corrected chi connectivity index (χ1v) is 3.49. The fraction of sp³-hybridized carbons (Fsp3) is 0.250. The minimum atomic E-state index is -4.24. The number of alkyl halides is 3. The first kappa shape index (κ1) is 12.7. The molecule has 0 bridgehead atoms. The summed E-state index contributed by atoms with van der Waals surface area (Å²) in [7, 11) is 0. The molecule has 1 aromatic carbocycles. The predicted molar refractivity (Wildman–Crippen MR) is 38.0 cm³/mol. The Morgan fingerprint density at radius 3 is 2.31 bits per heavy atom. The van der Waals surface area contributed by atoms with Gasteiger partial charge in [-0.2, -0.15) is 13.2 Å². The minimum absolute atomic E-state index is 0. The fourth-order valence-electron chi connectivity index (χ4n) is 0.903. The lowest BCUT2D eigenvalue weighted by atomic mass is 10.1. The molecule has 1 aromatic rings. The molecule has 0 fully saturated rings. The third-order valence-corrected chi connectivity index (χ3v) is 1.54. The largest absolute Gasteiger partial charge is 1.00 e. The molecule has 3 N–H and O–H groups in total. The lowest BCUT2D eigenvalue weighted by Crippen LogP contribution is -3.00. The van der Waals surface area contributed by atoms with Crippen LogP contribution in [0.15, 0.2) is 24.3 Å². The first-order valence-electron chi connectivity index (χ1n) is 3.49. The second-order valence-electron chi connectivity index (χ2n) is 2.45. The van der Waals surface area contributed by atoms with Gasteiger partial charge in [0, 0.05) is 5.56 Å². The number of quaternary nitrogens is 1. The van der Waals surface area contributed by atoms with E-state index in [1.54, 1.807) is 6.07 Å². The van der Waals surface area contributed by atoms with Crippen LogP contribution in [0.5, 0.6) is 0 Å². The highest BCUT2D eigenvalue weighted by molar-refractivity contribution is 5.24. The van der Waals surface area contributed by atoms with Crippen LogP contribution in [-0.2, 0) is 12.7 Å². The molecular weight excluding hydrogens is 294 g/mol. The van der Waals surface area contributed by atoms with Gasteiger partial charge in [-0.1, -0.05) is 12.1 Å². The van der Waals surface area contributed by atoms with Crippen molar-refractivity contribution in [1.29, 1.82) is 0 Å². The molecule has 0 aliphatic heterocycles. The molecule has 0 atom stereocenters. The van der Waals surface area contributed by atoms with E-state index in [4.69, 9.17) is 0 Å². The van der Waals surface area contributed by atoms with Crippen LogP contribution < -0.4 is 29.7 Å². The zero-order valence-electron chi connectivity index (χ0n) is 6.74. The van der Waals surface area contributed by atoms with Crippen LogP contribution in [-0.4, -0.2) is 0 Å². The zero-order valence-corrected chi connectivity index (χ0v) is 8.89. The van der Waals surface area contributed by atoms with Gasteiger partial charge in [-0.25, -0.2) is 0 Å². The molecule has 0 aliphatic carbocycles. The van der Waals surface area contributed by atoms with Gasteiger partial charge in [0.2, 0.25) is 0 Å². The maximum Gasteiger partial charge on any atom is 0.416 e. The Kier molecular flexibility index (Phi) is 4.69. The highest BCUT2D eigenvalue weighted by atomic mass is 127. The standard InChI is InChI=1S/C8H8F3N.HI/c9-8(10,11)7-3-1-2-6(4-7)5-12;/h1-4H,5,12H2;1H. The van der Waals surface area contributed by atoms with E-state index in [1.807, 2.05) is 0 Å². The number of hydrogen-bond acceptors (Lipinski definition) is 0. The summed E-state index contributed by atoms with van der Waals surface area (Å²) in [6.07, 6.45) is -4.24. The second kappa shape index (κ2) is 4.80. The van der Waals surface area contributed by atoms with Gasteiger partial charge >= 0.3 is 6.18 Å². The van der Waals surface area contributed by atoms with Crippen LogP contribution in [0.2, 0.25) is 0 Å². The molecule has 0 saturated heterocycles.